The topological polar surface area (TPSA) is 23.5 Å². The molecular formula is C11H15BrClNO. The van der Waals surface area contributed by atoms with Crippen molar-refractivity contribution in [2.24, 2.45) is 0 Å². The Kier molecular flexibility index (Phi) is 4.90. The van der Waals surface area contributed by atoms with Gasteiger partial charge in [-0.25, -0.2) is 0 Å². The molecule has 0 aliphatic carbocycles. The van der Waals surface area contributed by atoms with Crippen molar-refractivity contribution in [3.8, 4) is 5.75 Å². The molecule has 0 atom stereocenters. The predicted octanol–water partition coefficient (Wildman–Crippen LogP) is 3.30. The summed E-state index contributed by atoms with van der Waals surface area (Å²) in [6, 6.07) is 3.52. The molecule has 1 rings (SSSR count). The Morgan fingerprint density at radius 1 is 1.40 bits per heavy atom. The van der Waals surface area contributed by atoms with Crippen molar-refractivity contribution < 1.29 is 5.11 Å². The molecule has 84 valence electrons. The minimum Gasteiger partial charge on any atom is -0.506 e. The van der Waals surface area contributed by atoms with Gasteiger partial charge in [-0.05, 0) is 67.1 Å². The fourth-order valence-electron chi connectivity index (χ4n) is 1.40. The van der Waals surface area contributed by atoms with Crippen molar-refractivity contribution >= 4 is 27.5 Å². The van der Waals surface area contributed by atoms with Crippen LogP contribution in [-0.4, -0.2) is 30.6 Å². The van der Waals surface area contributed by atoms with Gasteiger partial charge in [0, 0.05) is 5.02 Å². The zero-order chi connectivity index (χ0) is 11.4. The van der Waals surface area contributed by atoms with Crippen molar-refractivity contribution in [2.45, 2.75) is 12.8 Å². The molecule has 0 amide bonds. The lowest BCUT2D eigenvalue weighted by Crippen LogP contribution is -2.13. The van der Waals surface area contributed by atoms with E-state index in [2.05, 4.69) is 20.8 Å². The quantitative estimate of drug-likeness (QED) is 0.920. The van der Waals surface area contributed by atoms with Crippen LogP contribution in [-0.2, 0) is 6.42 Å². The molecular weight excluding hydrogens is 277 g/mol. The third-order valence-electron chi connectivity index (χ3n) is 2.16. The molecule has 2 nitrogen and oxygen atoms in total. The highest BCUT2D eigenvalue weighted by molar-refractivity contribution is 9.10. The molecule has 0 radical (unpaired) electrons. The Morgan fingerprint density at radius 2 is 2.07 bits per heavy atom. The summed E-state index contributed by atoms with van der Waals surface area (Å²) >= 11 is 9.18. The van der Waals surface area contributed by atoms with Gasteiger partial charge in [0.05, 0.1) is 4.47 Å². The number of rotatable bonds is 4. The minimum absolute atomic E-state index is 0.304. The maximum atomic E-state index is 9.77. The summed E-state index contributed by atoms with van der Waals surface area (Å²) < 4.78 is 0.662. The molecule has 1 aromatic rings. The van der Waals surface area contributed by atoms with Gasteiger partial charge in [-0.15, -0.1) is 0 Å². The number of nitrogens with zero attached hydrogens (tertiary/aromatic N) is 1. The fourth-order valence-corrected chi connectivity index (χ4v) is 2.27. The molecule has 15 heavy (non-hydrogen) atoms. The van der Waals surface area contributed by atoms with E-state index in [0.717, 1.165) is 24.9 Å². The third-order valence-corrected chi connectivity index (χ3v) is 2.98. The summed E-state index contributed by atoms with van der Waals surface area (Å²) in [5.74, 6) is 0.304. The summed E-state index contributed by atoms with van der Waals surface area (Å²) in [6.45, 7) is 1.00. The molecule has 0 heterocycles. The van der Waals surface area contributed by atoms with Crippen molar-refractivity contribution in [1.29, 1.82) is 0 Å². The fraction of sp³-hybridized carbons (Fsp3) is 0.455. The monoisotopic (exact) mass is 291 g/mol. The Hall–Kier alpha value is -0.250. The van der Waals surface area contributed by atoms with Gasteiger partial charge in [0.15, 0.2) is 0 Å². The van der Waals surface area contributed by atoms with Crippen LogP contribution in [0.1, 0.15) is 12.0 Å². The van der Waals surface area contributed by atoms with Gasteiger partial charge in [0.2, 0.25) is 0 Å². The van der Waals surface area contributed by atoms with Gasteiger partial charge in [-0.2, -0.15) is 0 Å². The largest absolute Gasteiger partial charge is 0.506 e. The van der Waals surface area contributed by atoms with Crippen LogP contribution in [0.4, 0.5) is 0 Å². The zero-order valence-corrected chi connectivity index (χ0v) is 11.3. The first kappa shape index (κ1) is 12.8. The lowest BCUT2D eigenvalue weighted by atomic mass is 10.1. The molecule has 0 aliphatic rings. The molecule has 1 aromatic carbocycles. The Morgan fingerprint density at radius 3 is 2.67 bits per heavy atom. The van der Waals surface area contributed by atoms with E-state index in [4.69, 9.17) is 11.6 Å². The summed E-state index contributed by atoms with van der Waals surface area (Å²) in [4.78, 5) is 2.12. The highest BCUT2D eigenvalue weighted by atomic mass is 79.9. The molecule has 0 bridgehead atoms. The van der Waals surface area contributed by atoms with Crippen LogP contribution in [0, 0.1) is 0 Å². The second kappa shape index (κ2) is 5.73. The first-order valence-electron chi connectivity index (χ1n) is 4.82. The smallest absolute Gasteiger partial charge is 0.133 e. The van der Waals surface area contributed by atoms with E-state index in [9.17, 15) is 5.11 Å². The van der Waals surface area contributed by atoms with Crippen LogP contribution < -0.4 is 0 Å². The van der Waals surface area contributed by atoms with Crippen molar-refractivity contribution in [3.63, 3.8) is 0 Å². The number of phenols is 1. The summed E-state index contributed by atoms with van der Waals surface area (Å²) in [5.41, 5.74) is 0.899. The Balaban J connectivity index is 2.68. The van der Waals surface area contributed by atoms with Crippen LogP contribution in [0.25, 0.3) is 0 Å². The van der Waals surface area contributed by atoms with E-state index < -0.39 is 0 Å². The molecule has 0 spiro atoms. The van der Waals surface area contributed by atoms with Crippen LogP contribution in [0.15, 0.2) is 16.6 Å². The summed E-state index contributed by atoms with van der Waals surface area (Å²) in [5, 5.41) is 10.4. The lowest BCUT2D eigenvalue weighted by Gasteiger charge is -2.10. The van der Waals surface area contributed by atoms with E-state index in [1.54, 1.807) is 6.07 Å². The number of hydrogen-bond donors (Lipinski definition) is 1. The SMILES string of the molecule is CN(C)CCCc1cc(Cl)cc(Br)c1O. The summed E-state index contributed by atoms with van der Waals surface area (Å²) in [6.07, 6.45) is 1.84. The van der Waals surface area contributed by atoms with Gasteiger partial charge in [-0.3, -0.25) is 0 Å². The minimum atomic E-state index is 0.304. The van der Waals surface area contributed by atoms with Crippen LogP contribution in [0.2, 0.25) is 5.02 Å². The number of phenolic OH excluding ortho intramolecular Hbond substituents is 1. The molecule has 4 heteroatoms. The standard InChI is InChI=1S/C11H15BrClNO/c1-14(2)5-3-4-8-6-9(13)7-10(12)11(8)15/h6-7,15H,3-5H2,1-2H3. The van der Waals surface area contributed by atoms with E-state index in [1.807, 2.05) is 20.2 Å². The average Bonchev–Trinajstić information content (AvgIpc) is 2.12. The molecule has 0 saturated carbocycles. The Bertz CT molecular complexity index is 342. The number of aryl methyl sites for hydroxylation is 1. The Labute approximate surface area is 104 Å². The van der Waals surface area contributed by atoms with Crippen LogP contribution >= 0.6 is 27.5 Å². The zero-order valence-electron chi connectivity index (χ0n) is 8.93. The molecule has 0 saturated heterocycles. The lowest BCUT2D eigenvalue weighted by molar-refractivity contribution is 0.397. The average molecular weight is 293 g/mol. The van der Waals surface area contributed by atoms with Gasteiger partial charge < -0.3 is 10.0 Å². The third kappa shape index (κ3) is 4.01. The number of aromatic hydroxyl groups is 1. The summed E-state index contributed by atoms with van der Waals surface area (Å²) in [7, 11) is 4.07. The van der Waals surface area contributed by atoms with Crippen molar-refractivity contribution in [1.82, 2.24) is 4.90 Å². The van der Waals surface area contributed by atoms with Gasteiger partial charge in [0.25, 0.3) is 0 Å². The van der Waals surface area contributed by atoms with Gasteiger partial charge in [0.1, 0.15) is 5.75 Å². The van der Waals surface area contributed by atoms with E-state index in [0.29, 0.717) is 15.2 Å². The first-order chi connectivity index (χ1) is 7.00. The van der Waals surface area contributed by atoms with Crippen molar-refractivity contribution in [3.05, 3.63) is 27.2 Å². The number of benzene rings is 1. The maximum Gasteiger partial charge on any atom is 0.133 e. The van der Waals surface area contributed by atoms with E-state index in [-0.39, 0.29) is 0 Å². The van der Waals surface area contributed by atoms with E-state index in [1.165, 1.54) is 0 Å². The maximum absolute atomic E-state index is 9.77. The van der Waals surface area contributed by atoms with Crippen LogP contribution in [0.5, 0.6) is 5.75 Å². The highest BCUT2D eigenvalue weighted by Gasteiger charge is 2.07. The molecule has 0 aliphatic heterocycles. The second-order valence-corrected chi connectivity index (χ2v) is 5.09. The molecule has 1 N–H and O–H groups in total. The molecule has 0 unspecified atom stereocenters. The number of hydrogen-bond acceptors (Lipinski definition) is 2. The van der Waals surface area contributed by atoms with Crippen molar-refractivity contribution in [2.75, 3.05) is 20.6 Å². The van der Waals surface area contributed by atoms with Gasteiger partial charge in [-0.1, -0.05) is 11.6 Å². The van der Waals surface area contributed by atoms with Crippen LogP contribution in [0.3, 0.4) is 0 Å². The molecule has 0 fully saturated rings. The highest BCUT2D eigenvalue weighted by Crippen LogP contribution is 2.32. The predicted molar refractivity (Wildman–Crippen MR) is 67.7 cm³/mol. The van der Waals surface area contributed by atoms with E-state index >= 15 is 0 Å². The second-order valence-electron chi connectivity index (χ2n) is 3.80. The first-order valence-corrected chi connectivity index (χ1v) is 5.99. The normalized spacial score (nSPS) is 11.0. The molecule has 0 aromatic heterocycles. The van der Waals surface area contributed by atoms with Gasteiger partial charge >= 0.3 is 0 Å². The number of halogens is 2.